The molecule has 2 aliphatic carbocycles. The highest BCUT2D eigenvalue weighted by Crippen LogP contribution is 2.59. The van der Waals surface area contributed by atoms with Gasteiger partial charge in [0.05, 0.1) is 0 Å². The first-order valence-electron chi connectivity index (χ1n) is 15.8. The first-order chi connectivity index (χ1) is 18.0. The highest BCUT2D eigenvalue weighted by molar-refractivity contribution is 9.10. The van der Waals surface area contributed by atoms with Crippen molar-refractivity contribution in [2.75, 3.05) is 0 Å². The molecule has 38 heavy (non-hydrogen) atoms. The Labute approximate surface area is 245 Å². The van der Waals surface area contributed by atoms with Crippen LogP contribution < -0.4 is 5.30 Å². The fourth-order valence-corrected chi connectivity index (χ4v) is 12.5. The summed E-state index contributed by atoms with van der Waals surface area (Å²) in [5.41, 5.74) is 14.2. The normalized spacial score (nSPS) is 17.9. The monoisotopic (exact) mass is 596 g/mol. The van der Waals surface area contributed by atoms with Gasteiger partial charge in [-0.3, -0.25) is 0 Å². The largest absolute Gasteiger partial charge is 0.0670 e. The van der Waals surface area contributed by atoms with Crippen molar-refractivity contribution in [1.82, 2.24) is 0 Å². The first kappa shape index (κ1) is 30.3. The maximum atomic E-state index is 4.32. The lowest BCUT2D eigenvalue weighted by atomic mass is 9.80. The van der Waals surface area contributed by atoms with E-state index in [-0.39, 0.29) is 7.92 Å². The van der Waals surface area contributed by atoms with Crippen molar-refractivity contribution >= 4 is 29.2 Å². The second-order valence-electron chi connectivity index (χ2n) is 13.4. The lowest BCUT2D eigenvalue weighted by molar-refractivity contribution is 0.487. The Hall–Kier alpha value is -0.650. The Balaban J connectivity index is 2.11. The summed E-state index contributed by atoms with van der Waals surface area (Å²) in [7, 11) is -0.232. The van der Waals surface area contributed by atoms with Crippen LogP contribution in [0.25, 0.3) is 11.1 Å². The van der Waals surface area contributed by atoms with E-state index in [1.54, 1.807) is 33.1 Å². The van der Waals surface area contributed by atoms with Crippen LogP contribution in [0.5, 0.6) is 0 Å². The Morgan fingerprint density at radius 1 is 0.605 bits per heavy atom. The summed E-state index contributed by atoms with van der Waals surface area (Å²) < 4.78 is 1.45. The quantitative estimate of drug-likeness (QED) is 0.279. The van der Waals surface area contributed by atoms with E-state index in [1.165, 1.54) is 85.4 Å². The molecule has 2 aliphatic rings. The molecule has 210 valence electrons. The summed E-state index contributed by atoms with van der Waals surface area (Å²) >= 11 is 4.32. The topological polar surface area (TPSA) is 0 Å². The Morgan fingerprint density at radius 2 is 1.05 bits per heavy atom. The predicted molar refractivity (Wildman–Crippen MR) is 176 cm³/mol. The molecule has 0 N–H and O–H groups in total. The van der Waals surface area contributed by atoms with Gasteiger partial charge in [0.1, 0.15) is 0 Å². The van der Waals surface area contributed by atoms with E-state index in [0.29, 0.717) is 17.8 Å². The summed E-state index contributed by atoms with van der Waals surface area (Å²) in [6.07, 6.45) is 14.4. The standard InChI is InChI=1S/C36H54BrP/c1-22(2)28-20-31(23(3)4)34(32(21-28)24(5)6)33-26(8)25(7)27(9)35(37)36(33)38(29-16-12-10-13-17-29)30-18-14-11-15-19-30/h20-24,29-30H,10-19H2,1-9H3. The van der Waals surface area contributed by atoms with Gasteiger partial charge in [0.15, 0.2) is 0 Å². The zero-order valence-electron chi connectivity index (χ0n) is 25.9. The van der Waals surface area contributed by atoms with Gasteiger partial charge in [-0.1, -0.05) is 100 Å². The molecule has 0 atom stereocenters. The van der Waals surface area contributed by atoms with E-state index in [2.05, 4.69) is 90.4 Å². The molecule has 2 heteroatoms. The van der Waals surface area contributed by atoms with Crippen LogP contribution in [0.1, 0.15) is 157 Å². The molecule has 0 bridgehead atoms. The van der Waals surface area contributed by atoms with Gasteiger partial charge in [-0.25, -0.2) is 0 Å². The van der Waals surface area contributed by atoms with Gasteiger partial charge in [0.25, 0.3) is 0 Å². The Morgan fingerprint density at radius 3 is 1.45 bits per heavy atom. The van der Waals surface area contributed by atoms with Gasteiger partial charge < -0.3 is 0 Å². The number of hydrogen-bond donors (Lipinski definition) is 0. The second-order valence-corrected chi connectivity index (χ2v) is 17.0. The summed E-state index contributed by atoms with van der Waals surface area (Å²) in [6.45, 7) is 21.6. The number of halogens is 1. The van der Waals surface area contributed by atoms with Crippen LogP contribution in [0.2, 0.25) is 0 Å². The average Bonchev–Trinajstić information content (AvgIpc) is 2.91. The maximum Gasteiger partial charge on any atom is 0.0290 e. The molecule has 2 saturated carbocycles. The van der Waals surface area contributed by atoms with Crippen LogP contribution in [0, 0.1) is 20.8 Å². The van der Waals surface area contributed by atoms with Gasteiger partial charge >= 0.3 is 0 Å². The maximum absolute atomic E-state index is 4.32. The molecule has 4 rings (SSSR count). The molecule has 0 saturated heterocycles. The molecule has 0 unspecified atom stereocenters. The van der Waals surface area contributed by atoms with Crippen LogP contribution in [-0.2, 0) is 0 Å². The summed E-state index contributed by atoms with van der Waals surface area (Å²) in [5.74, 6) is 1.56. The molecule has 0 aliphatic heterocycles. The minimum atomic E-state index is -0.232. The van der Waals surface area contributed by atoms with E-state index in [1.807, 2.05) is 0 Å². The van der Waals surface area contributed by atoms with Gasteiger partial charge in [-0.2, -0.15) is 0 Å². The summed E-state index contributed by atoms with van der Waals surface area (Å²) in [4.78, 5) is 0. The molecule has 0 heterocycles. The summed E-state index contributed by atoms with van der Waals surface area (Å²) in [5, 5.41) is 1.75. The highest BCUT2D eigenvalue weighted by Gasteiger charge is 2.37. The van der Waals surface area contributed by atoms with Crippen molar-refractivity contribution in [2.24, 2.45) is 0 Å². The van der Waals surface area contributed by atoms with Crippen molar-refractivity contribution in [3.05, 3.63) is 50.0 Å². The van der Waals surface area contributed by atoms with E-state index in [9.17, 15) is 0 Å². The molecule has 0 amide bonds. The van der Waals surface area contributed by atoms with Crippen LogP contribution in [0.15, 0.2) is 16.6 Å². The molecule has 2 fully saturated rings. The molecule has 2 aromatic rings. The van der Waals surface area contributed by atoms with E-state index >= 15 is 0 Å². The average molecular weight is 598 g/mol. The Bertz CT molecular complexity index is 1070. The molecular formula is C36H54BrP. The molecule has 0 radical (unpaired) electrons. The molecule has 0 spiro atoms. The lowest BCUT2D eigenvalue weighted by Gasteiger charge is -2.41. The number of benzene rings is 2. The third-order valence-electron chi connectivity index (χ3n) is 9.85. The van der Waals surface area contributed by atoms with Gasteiger partial charge in [-0.15, -0.1) is 0 Å². The lowest BCUT2D eigenvalue weighted by Crippen LogP contribution is -2.29. The third-order valence-corrected chi connectivity index (χ3v) is 14.7. The number of hydrogen-bond acceptors (Lipinski definition) is 0. The smallest absolute Gasteiger partial charge is 0.0290 e. The van der Waals surface area contributed by atoms with E-state index < -0.39 is 0 Å². The first-order valence-corrected chi connectivity index (χ1v) is 18.1. The minimum Gasteiger partial charge on any atom is -0.0670 e. The van der Waals surface area contributed by atoms with Gasteiger partial charge in [0, 0.05) is 4.47 Å². The molecule has 0 nitrogen and oxygen atoms in total. The number of rotatable bonds is 7. The zero-order valence-corrected chi connectivity index (χ0v) is 28.4. The molecule has 0 aromatic heterocycles. The fourth-order valence-electron chi connectivity index (χ4n) is 7.27. The minimum absolute atomic E-state index is 0.232. The summed E-state index contributed by atoms with van der Waals surface area (Å²) in [6, 6.07) is 5.15. The van der Waals surface area contributed by atoms with Crippen molar-refractivity contribution in [3.8, 4) is 11.1 Å². The molecule has 2 aromatic carbocycles. The zero-order chi connectivity index (χ0) is 27.7. The van der Waals surface area contributed by atoms with Crippen molar-refractivity contribution < 1.29 is 0 Å². The third kappa shape index (κ3) is 6.00. The highest BCUT2D eigenvalue weighted by atomic mass is 79.9. The van der Waals surface area contributed by atoms with Crippen molar-refractivity contribution in [1.29, 1.82) is 0 Å². The van der Waals surface area contributed by atoms with Crippen molar-refractivity contribution in [2.45, 2.75) is 156 Å². The van der Waals surface area contributed by atoms with Crippen LogP contribution in [0.3, 0.4) is 0 Å². The van der Waals surface area contributed by atoms with Crippen molar-refractivity contribution in [3.63, 3.8) is 0 Å². The van der Waals surface area contributed by atoms with Crippen LogP contribution >= 0.6 is 23.9 Å². The van der Waals surface area contributed by atoms with E-state index in [0.717, 1.165) is 11.3 Å². The van der Waals surface area contributed by atoms with Gasteiger partial charge in [-0.05, 0) is 141 Å². The predicted octanol–water partition coefficient (Wildman–Crippen LogP) is 12.2. The fraction of sp³-hybridized carbons (Fsp3) is 0.667. The molecular weight excluding hydrogens is 543 g/mol. The second kappa shape index (κ2) is 12.9. The van der Waals surface area contributed by atoms with E-state index in [4.69, 9.17) is 0 Å². The SMILES string of the molecule is Cc1c(C)c(Br)c(P(C2CCCCC2)C2CCCCC2)c(-c2c(C(C)C)cc(C(C)C)cc2C(C)C)c1C. The van der Waals surface area contributed by atoms with Crippen LogP contribution in [-0.4, -0.2) is 11.3 Å². The Kier molecular flexibility index (Phi) is 10.3. The van der Waals surface area contributed by atoms with Gasteiger partial charge in [0.2, 0.25) is 0 Å². The van der Waals surface area contributed by atoms with Crippen LogP contribution in [0.4, 0.5) is 0 Å².